The van der Waals surface area contributed by atoms with E-state index in [0.717, 1.165) is 24.3 Å². The third-order valence-corrected chi connectivity index (χ3v) is 4.00. The van der Waals surface area contributed by atoms with Gasteiger partial charge in [-0.25, -0.2) is 4.98 Å². The number of fused-ring (bicyclic) bond motifs is 1. The molecule has 0 spiro atoms. The Bertz CT molecular complexity index is 578. The minimum absolute atomic E-state index is 0.496. The smallest absolute Gasteiger partial charge is 0.226 e. The van der Waals surface area contributed by atoms with Gasteiger partial charge >= 0.3 is 0 Å². The van der Waals surface area contributed by atoms with Gasteiger partial charge in [-0.05, 0) is 25.2 Å². The summed E-state index contributed by atoms with van der Waals surface area (Å²) in [5.74, 6) is 2.21. The Morgan fingerprint density at radius 1 is 1.35 bits per heavy atom. The molecule has 2 aromatic heterocycles. The highest BCUT2D eigenvalue weighted by molar-refractivity contribution is 5.83. The Balaban J connectivity index is 1.88. The zero-order valence-corrected chi connectivity index (χ0v) is 12.1. The van der Waals surface area contributed by atoms with E-state index in [-0.39, 0.29) is 0 Å². The largest absolute Gasteiger partial charge is 0.365 e. The molecule has 2 unspecified atom stereocenters. The number of hydrogen-bond donors (Lipinski definition) is 3. The number of aromatic nitrogens is 4. The summed E-state index contributed by atoms with van der Waals surface area (Å²) in [5.41, 5.74) is 1.61. The molecule has 108 valence electrons. The van der Waals surface area contributed by atoms with E-state index < -0.39 is 0 Å². The van der Waals surface area contributed by atoms with Crippen LogP contribution in [-0.4, -0.2) is 32.5 Å². The summed E-state index contributed by atoms with van der Waals surface area (Å²) < 4.78 is 0. The zero-order chi connectivity index (χ0) is 13.9. The monoisotopic (exact) mass is 274 g/mol. The average molecular weight is 274 g/mol. The summed E-state index contributed by atoms with van der Waals surface area (Å²) in [6.45, 7) is 5.29. The molecule has 3 N–H and O–H groups in total. The maximum atomic E-state index is 4.60. The van der Waals surface area contributed by atoms with E-state index in [1.165, 1.54) is 19.3 Å². The van der Waals surface area contributed by atoms with E-state index >= 15 is 0 Å². The van der Waals surface area contributed by atoms with Crippen molar-refractivity contribution in [2.75, 3.05) is 17.2 Å². The first kappa shape index (κ1) is 13.1. The highest BCUT2D eigenvalue weighted by Gasteiger charge is 2.24. The summed E-state index contributed by atoms with van der Waals surface area (Å²) in [7, 11) is 0. The minimum atomic E-state index is 0.496. The van der Waals surface area contributed by atoms with E-state index in [4.69, 9.17) is 0 Å². The molecule has 2 atom stereocenters. The van der Waals surface area contributed by atoms with Gasteiger partial charge in [0.2, 0.25) is 5.95 Å². The first-order chi connectivity index (χ1) is 9.78. The number of imidazole rings is 1. The lowest BCUT2D eigenvalue weighted by atomic mass is 10.1. The maximum absolute atomic E-state index is 4.60. The second-order valence-corrected chi connectivity index (χ2v) is 5.58. The topological polar surface area (TPSA) is 78.5 Å². The van der Waals surface area contributed by atoms with Gasteiger partial charge in [0.1, 0.15) is 5.52 Å². The van der Waals surface area contributed by atoms with Crippen LogP contribution in [0.15, 0.2) is 6.33 Å². The number of rotatable bonds is 5. The van der Waals surface area contributed by atoms with Crippen LogP contribution in [0.1, 0.15) is 39.5 Å². The van der Waals surface area contributed by atoms with Gasteiger partial charge in [0.05, 0.1) is 6.33 Å². The van der Waals surface area contributed by atoms with E-state index in [0.29, 0.717) is 23.6 Å². The van der Waals surface area contributed by atoms with Gasteiger partial charge in [-0.2, -0.15) is 9.97 Å². The van der Waals surface area contributed by atoms with Gasteiger partial charge in [0.25, 0.3) is 0 Å². The molecule has 0 radical (unpaired) electrons. The van der Waals surface area contributed by atoms with Crippen LogP contribution in [-0.2, 0) is 0 Å². The Labute approximate surface area is 118 Å². The summed E-state index contributed by atoms with van der Waals surface area (Å²) in [4.78, 5) is 16.4. The Kier molecular flexibility index (Phi) is 3.71. The van der Waals surface area contributed by atoms with Gasteiger partial charge in [0.15, 0.2) is 11.5 Å². The number of H-pyrrole nitrogens is 1. The third kappa shape index (κ3) is 2.55. The SMILES string of the molecule is CCCNc1nc(NC2CCCC2C)c2[nH]cnc2n1. The molecule has 20 heavy (non-hydrogen) atoms. The molecular formula is C14H22N6. The lowest BCUT2D eigenvalue weighted by Gasteiger charge is -2.18. The molecule has 1 aliphatic rings. The molecule has 0 aromatic carbocycles. The van der Waals surface area contributed by atoms with Gasteiger partial charge in [-0.15, -0.1) is 0 Å². The summed E-state index contributed by atoms with van der Waals surface area (Å²) in [6, 6.07) is 0.496. The van der Waals surface area contributed by atoms with Crippen LogP contribution >= 0.6 is 0 Å². The molecular weight excluding hydrogens is 252 g/mol. The van der Waals surface area contributed by atoms with Crippen LogP contribution in [0, 0.1) is 5.92 Å². The molecule has 0 amide bonds. The molecule has 0 saturated heterocycles. The van der Waals surface area contributed by atoms with Crippen LogP contribution in [0.4, 0.5) is 11.8 Å². The maximum Gasteiger partial charge on any atom is 0.226 e. The molecule has 2 aromatic rings. The lowest BCUT2D eigenvalue weighted by Crippen LogP contribution is -2.23. The zero-order valence-electron chi connectivity index (χ0n) is 12.1. The van der Waals surface area contributed by atoms with E-state index in [2.05, 4.69) is 44.4 Å². The number of anilines is 2. The van der Waals surface area contributed by atoms with E-state index in [1.807, 2.05) is 0 Å². The number of nitrogens with one attached hydrogen (secondary N) is 3. The van der Waals surface area contributed by atoms with Gasteiger partial charge in [-0.3, -0.25) is 0 Å². The molecule has 0 bridgehead atoms. The highest BCUT2D eigenvalue weighted by Crippen LogP contribution is 2.29. The number of aromatic amines is 1. The first-order valence-corrected chi connectivity index (χ1v) is 7.49. The fourth-order valence-electron chi connectivity index (χ4n) is 2.79. The van der Waals surface area contributed by atoms with Crippen molar-refractivity contribution in [2.24, 2.45) is 5.92 Å². The number of hydrogen-bond acceptors (Lipinski definition) is 5. The predicted molar refractivity (Wildman–Crippen MR) is 80.9 cm³/mol. The quantitative estimate of drug-likeness (QED) is 0.781. The van der Waals surface area contributed by atoms with Crippen LogP contribution < -0.4 is 10.6 Å². The normalized spacial score (nSPS) is 22.3. The van der Waals surface area contributed by atoms with Crippen molar-refractivity contribution in [1.29, 1.82) is 0 Å². The van der Waals surface area contributed by atoms with Crippen molar-refractivity contribution in [2.45, 2.75) is 45.6 Å². The molecule has 0 aliphatic heterocycles. The summed E-state index contributed by atoms with van der Waals surface area (Å²) in [6.07, 6.45) is 6.50. The molecule has 1 aliphatic carbocycles. The van der Waals surface area contributed by atoms with Crippen molar-refractivity contribution in [3.05, 3.63) is 6.33 Å². The van der Waals surface area contributed by atoms with Crippen LogP contribution in [0.3, 0.4) is 0 Å². The van der Waals surface area contributed by atoms with Crippen molar-refractivity contribution in [1.82, 2.24) is 19.9 Å². The molecule has 1 saturated carbocycles. The fraction of sp³-hybridized carbons (Fsp3) is 0.643. The second kappa shape index (κ2) is 5.64. The first-order valence-electron chi connectivity index (χ1n) is 7.49. The van der Waals surface area contributed by atoms with Crippen LogP contribution in [0.5, 0.6) is 0 Å². The van der Waals surface area contributed by atoms with Crippen molar-refractivity contribution >= 4 is 22.9 Å². The molecule has 1 fully saturated rings. The molecule has 6 nitrogen and oxygen atoms in total. The van der Waals surface area contributed by atoms with Crippen molar-refractivity contribution in [3.8, 4) is 0 Å². The highest BCUT2D eigenvalue weighted by atomic mass is 15.2. The van der Waals surface area contributed by atoms with Crippen LogP contribution in [0.2, 0.25) is 0 Å². The Morgan fingerprint density at radius 2 is 2.25 bits per heavy atom. The fourth-order valence-corrected chi connectivity index (χ4v) is 2.79. The van der Waals surface area contributed by atoms with Gasteiger partial charge < -0.3 is 15.6 Å². The average Bonchev–Trinajstić information content (AvgIpc) is 3.06. The van der Waals surface area contributed by atoms with Crippen molar-refractivity contribution in [3.63, 3.8) is 0 Å². The Morgan fingerprint density at radius 3 is 3.00 bits per heavy atom. The van der Waals surface area contributed by atoms with Gasteiger partial charge in [-0.1, -0.05) is 20.3 Å². The molecule has 2 heterocycles. The van der Waals surface area contributed by atoms with Crippen LogP contribution in [0.25, 0.3) is 11.2 Å². The lowest BCUT2D eigenvalue weighted by molar-refractivity contribution is 0.555. The second-order valence-electron chi connectivity index (χ2n) is 5.58. The minimum Gasteiger partial charge on any atom is -0.365 e. The van der Waals surface area contributed by atoms with E-state index in [9.17, 15) is 0 Å². The van der Waals surface area contributed by atoms with Crippen molar-refractivity contribution < 1.29 is 0 Å². The Hall–Kier alpha value is -1.85. The summed E-state index contributed by atoms with van der Waals surface area (Å²) >= 11 is 0. The number of nitrogens with zero attached hydrogens (tertiary/aromatic N) is 3. The predicted octanol–water partition coefficient (Wildman–Crippen LogP) is 2.78. The molecule has 3 rings (SSSR count). The summed E-state index contributed by atoms with van der Waals surface area (Å²) in [5, 5.41) is 6.81. The standard InChI is InChI=1S/C14H22N6/c1-3-7-15-14-19-12-11(16-8-17-12)13(20-14)18-10-6-4-5-9(10)2/h8-10H,3-7H2,1-2H3,(H3,15,16,17,18,19,20). The third-order valence-electron chi connectivity index (χ3n) is 4.00. The van der Waals surface area contributed by atoms with E-state index in [1.54, 1.807) is 6.33 Å². The van der Waals surface area contributed by atoms with Gasteiger partial charge in [0, 0.05) is 12.6 Å². The molecule has 6 heteroatoms.